The zero-order chi connectivity index (χ0) is 11.5. The van der Waals surface area contributed by atoms with Gasteiger partial charge in [0.05, 0.1) is 0 Å². The summed E-state index contributed by atoms with van der Waals surface area (Å²) in [5, 5.41) is 2.89. The lowest BCUT2D eigenvalue weighted by molar-refractivity contribution is 0.0927. The number of carbonyl (C=O) groups excluding carboxylic acids is 1. The molecule has 1 unspecified atom stereocenters. The van der Waals surface area contributed by atoms with Crippen LogP contribution in [0, 0.1) is 5.41 Å². The third kappa shape index (κ3) is 4.10. The van der Waals surface area contributed by atoms with Crippen LogP contribution in [0.15, 0.2) is 0 Å². The van der Waals surface area contributed by atoms with E-state index in [-0.39, 0.29) is 23.7 Å². The highest BCUT2D eigenvalue weighted by Gasteiger charge is 2.24. The van der Waals surface area contributed by atoms with E-state index in [0.717, 1.165) is 12.8 Å². The first-order valence-corrected chi connectivity index (χ1v) is 5.87. The summed E-state index contributed by atoms with van der Waals surface area (Å²) < 4.78 is 5.33. The maximum Gasteiger partial charge on any atom is 0.407 e. The van der Waals surface area contributed by atoms with Crippen LogP contribution < -0.4 is 5.32 Å². The first-order valence-electron chi connectivity index (χ1n) is 5.87. The Kier molecular flexibility index (Phi) is 4.00. The van der Waals surface area contributed by atoms with Gasteiger partial charge in [-0.15, -0.1) is 0 Å². The van der Waals surface area contributed by atoms with Crippen molar-refractivity contribution in [3.05, 3.63) is 0 Å². The number of hydrogen-bond donors (Lipinski definition) is 1. The van der Waals surface area contributed by atoms with Gasteiger partial charge in [-0.05, 0) is 38.0 Å². The zero-order valence-electron chi connectivity index (χ0n) is 10.3. The molecule has 3 heteroatoms. The van der Waals surface area contributed by atoms with E-state index in [0.29, 0.717) is 0 Å². The fraction of sp³-hybridized carbons (Fsp3) is 0.917. The first-order chi connectivity index (χ1) is 6.89. The summed E-state index contributed by atoms with van der Waals surface area (Å²) in [6, 6.07) is 0.131. The second-order valence-corrected chi connectivity index (χ2v) is 5.54. The molecule has 0 saturated heterocycles. The van der Waals surface area contributed by atoms with E-state index in [1.165, 1.54) is 12.8 Å². The highest BCUT2D eigenvalue weighted by Crippen LogP contribution is 2.22. The van der Waals surface area contributed by atoms with Crippen molar-refractivity contribution in [2.75, 3.05) is 0 Å². The Morgan fingerprint density at radius 1 is 1.33 bits per heavy atom. The van der Waals surface area contributed by atoms with Crippen LogP contribution in [0.5, 0.6) is 0 Å². The Bertz CT molecular complexity index is 214. The number of carbonyl (C=O) groups is 1. The summed E-state index contributed by atoms with van der Waals surface area (Å²) in [4.78, 5) is 11.5. The van der Waals surface area contributed by atoms with Crippen LogP contribution in [0.4, 0.5) is 4.79 Å². The number of alkyl carbamates (subject to hydrolysis) is 1. The molecule has 0 aromatic heterocycles. The van der Waals surface area contributed by atoms with Crippen molar-refractivity contribution in [1.29, 1.82) is 0 Å². The molecule has 1 N–H and O–H groups in total. The van der Waals surface area contributed by atoms with Crippen molar-refractivity contribution in [2.24, 2.45) is 5.41 Å². The second kappa shape index (κ2) is 4.86. The fourth-order valence-electron chi connectivity index (χ4n) is 1.58. The average molecular weight is 213 g/mol. The number of amides is 1. The lowest BCUT2D eigenvalue weighted by Crippen LogP contribution is -2.42. The molecule has 0 heterocycles. The molecule has 0 aromatic rings. The monoisotopic (exact) mass is 213 g/mol. The smallest absolute Gasteiger partial charge is 0.407 e. The van der Waals surface area contributed by atoms with Gasteiger partial charge in [0.2, 0.25) is 0 Å². The van der Waals surface area contributed by atoms with E-state index in [4.69, 9.17) is 4.74 Å². The van der Waals surface area contributed by atoms with Crippen LogP contribution in [0.25, 0.3) is 0 Å². The van der Waals surface area contributed by atoms with E-state index in [1.54, 1.807) is 0 Å². The van der Waals surface area contributed by atoms with Gasteiger partial charge in [0.25, 0.3) is 0 Å². The maximum absolute atomic E-state index is 11.5. The Hall–Kier alpha value is -0.730. The normalized spacial score (nSPS) is 20.0. The van der Waals surface area contributed by atoms with E-state index >= 15 is 0 Å². The van der Waals surface area contributed by atoms with Crippen molar-refractivity contribution in [3.63, 3.8) is 0 Å². The fourth-order valence-corrected chi connectivity index (χ4v) is 1.58. The highest BCUT2D eigenvalue weighted by molar-refractivity contribution is 5.67. The lowest BCUT2D eigenvalue weighted by Gasteiger charge is -2.28. The third-order valence-corrected chi connectivity index (χ3v) is 3.21. The summed E-state index contributed by atoms with van der Waals surface area (Å²) >= 11 is 0. The van der Waals surface area contributed by atoms with Crippen LogP contribution >= 0.6 is 0 Å². The molecule has 0 aliphatic heterocycles. The Morgan fingerprint density at radius 3 is 2.33 bits per heavy atom. The predicted octanol–water partition coefficient (Wildman–Crippen LogP) is 3.09. The van der Waals surface area contributed by atoms with Crippen LogP contribution in [-0.4, -0.2) is 18.2 Å². The van der Waals surface area contributed by atoms with Gasteiger partial charge in [0.1, 0.15) is 6.10 Å². The molecule has 0 spiro atoms. The lowest BCUT2D eigenvalue weighted by atomic mass is 9.88. The van der Waals surface area contributed by atoms with Gasteiger partial charge in [-0.25, -0.2) is 4.79 Å². The SMILES string of the molecule is CC(NC(=O)OC1CCCC1)C(C)(C)C. The second-order valence-electron chi connectivity index (χ2n) is 5.54. The molecule has 3 nitrogen and oxygen atoms in total. The van der Waals surface area contributed by atoms with Crippen molar-refractivity contribution < 1.29 is 9.53 Å². The molecule has 1 aliphatic carbocycles. The minimum atomic E-state index is -0.260. The molecule has 1 atom stereocenters. The largest absolute Gasteiger partial charge is 0.446 e. The van der Waals surface area contributed by atoms with Crippen LogP contribution in [-0.2, 0) is 4.74 Å². The Morgan fingerprint density at radius 2 is 1.87 bits per heavy atom. The van der Waals surface area contributed by atoms with Gasteiger partial charge in [-0.2, -0.15) is 0 Å². The van der Waals surface area contributed by atoms with E-state index in [9.17, 15) is 4.79 Å². The van der Waals surface area contributed by atoms with Crippen LogP contribution in [0.1, 0.15) is 53.4 Å². The first kappa shape index (κ1) is 12.3. The molecule has 1 fully saturated rings. The maximum atomic E-state index is 11.5. The van der Waals surface area contributed by atoms with Gasteiger partial charge in [0, 0.05) is 6.04 Å². The standard InChI is InChI=1S/C12H23NO2/c1-9(12(2,3)4)13-11(14)15-10-7-5-6-8-10/h9-10H,5-8H2,1-4H3,(H,13,14). The molecule has 0 bridgehead atoms. The van der Waals surface area contributed by atoms with Gasteiger partial charge in [0.15, 0.2) is 0 Å². The third-order valence-electron chi connectivity index (χ3n) is 3.21. The molecule has 15 heavy (non-hydrogen) atoms. The van der Waals surface area contributed by atoms with Crippen LogP contribution in [0.2, 0.25) is 0 Å². The minimum absolute atomic E-state index is 0.0781. The summed E-state index contributed by atoms with van der Waals surface area (Å²) in [6.45, 7) is 8.32. The van der Waals surface area contributed by atoms with Gasteiger partial charge in [-0.1, -0.05) is 20.8 Å². The van der Waals surface area contributed by atoms with Crippen molar-refractivity contribution in [1.82, 2.24) is 5.32 Å². The molecule has 1 rings (SSSR count). The van der Waals surface area contributed by atoms with Crippen molar-refractivity contribution in [2.45, 2.75) is 65.5 Å². The average Bonchev–Trinajstić information content (AvgIpc) is 2.54. The summed E-state index contributed by atoms with van der Waals surface area (Å²) in [6.07, 6.45) is 4.32. The topological polar surface area (TPSA) is 38.3 Å². The minimum Gasteiger partial charge on any atom is -0.446 e. The van der Waals surface area contributed by atoms with E-state index in [1.807, 2.05) is 6.92 Å². The van der Waals surface area contributed by atoms with Crippen LogP contribution in [0.3, 0.4) is 0 Å². The Balaban J connectivity index is 2.29. The highest BCUT2D eigenvalue weighted by atomic mass is 16.6. The molecule has 88 valence electrons. The summed E-state index contributed by atoms with van der Waals surface area (Å²) in [5.41, 5.74) is 0.0781. The quantitative estimate of drug-likeness (QED) is 0.765. The van der Waals surface area contributed by atoms with E-state index < -0.39 is 0 Å². The van der Waals surface area contributed by atoms with Crippen molar-refractivity contribution in [3.8, 4) is 0 Å². The zero-order valence-corrected chi connectivity index (χ0v) is 10.3. The predicted molar refractivity (Wildman–Crippen MR) is 60.8 cm³/mol. The summed E-state index contributed by atoms with van der Waals surface area (Å²) in [7, 11) is 0. The van der Waals surface area contributed by atoms with Gasteiger partial charge in [-0.3, -0.25) is 0 Å². The molecule has 1 saturated carbocycles. The number of rotatable bonds is 2. The molecule has 1 amide bonds. The molecular formula is C12H23NO2. The van der Waals surface area contributed by atoms with Crippen molar-refractivity contribution >= 4 is 6.09 Å². The van der Waals surface area contributed by atoms with E-state index in [2.05, 4.69) is 26.1 Å². The summed E-state index contributed by atoms with van der Waals surface area (Å²) in [5.74, 6) is 0. The van der Waals surface area contributed by atoms with Gasteiger partial charge < -0.3 is 10.1 Å². The van der Waals surface area contributed by atoms with Gasteiger partial charge >= 0.3 is 6.09 Å². The molecule has 1 aliphatic rings. The Labute approximate surface area is 92.6 Å². The number of ether oxygens (including phenoxy) is 1. The molecular weight excluding hydrogens is 190 g/mol. The molecule has 0 aromatic carbocycles. The number of hydrogen-bond acceptors (Lipinski definition) is 2. The number of nitrogens with one attached hydrogen (secondary N) is 1. The molecule has 0 radical (unpaired) electrons.